The number of hydrogen-bond acceptors (Lipinski definition) is 18. The Kier molecular flexibility index (Phi) is 33.2. The molecule has 0 saturated heterocycles. The molecule has 0 aromatic heterocycles. The number of carbonyl (C=O) groups excluding carboxylic acids is 10. The molecule has 0 rings (SSSR count). The minimum absolute atomic E-state index is 0.0109. The number of unbranched alkanes of at least 4 members (excludes halogenated alkanes) is 1. The molecule has 32 heteroatoms. The largest absolute Gasteiger partial charge is 0.481 e. The number of amides is 10. The van der Waals surface area contributed by atoms with Crippen LogP contribution in [0.4, 0.5) is 0 Å². The highest BCUT2D eigenvalue weighted by molar-refractivity contribution is 5.98. The lowest BCUT2D eigenvalue weighted by Gasteiger charge is -2.27. The molecular weight excluding hydrogens is 1020 g/mol. The second-order valence-electron chi connectivity index (χ2n) is 18.6. The van der Waals surface area contributed by atoms with Crippen molar-refractivity contribution in [1.29, 1.82) is 0 Å². The highest BCUT2D eigenvalue weighted by Crippen LogP contribution is 2.09. The molecule has 0 heterocycles. The summed E-state index contributed by atoms with van der Waals surface area (Å²) < 4.78 is 0. The molecule has 0 saturated carbocycles. The maximum atomic E-state index is 13.9. The topological polar surface area (TPSA) is 543 Å². The van der Waals surface area contributed by atoms with E-state index in [1.165, 1.54) is 27.7 Å². The van der Waals surface area contributed by atoms with Gasteiger partial charge >= 0.3 is 11.9 Å². The van der Waals surface area contributed by atoms with Crippen LogP contribution in [0, 0.1) is 11.8 Å². The smallest absolute Gasteiger partial charge is 0.326 e. The Bertz CT molecular complexity index is 2040. The van der Waals surface area contributed by atoms with Gasteiger partial charge in [-0.05, 0) is 77.2 Å². The summed E-state index contributed by atoms with van der Waals surface area (Å²) in [6.45, 7) is 5.39. The first-order valence-corrected chi connectivity index (χ1v) is 24.8. The minimum atomic E-state index is -1.80. The Labute approximate surface area is 444 Å². The van der Waals surface area contributed by atoms with Gasteiger partial charge in [0.15, 0.2) is 5.96 Å². The molecule has 23 N–H and O–H groups in total. The fourth-order valence-corrected chi connectivity index (χ4v) is 6.73. The monoisotopic (exact) mass is 1100 g/mol. The van der Waals surface area contributed by atoms with Crippen LogP contribution in [0.1, 0.15) is 92.9 Å². The number of guanidine groups is 1. The Morgan fingerprint density at radius 1 is 0.494 bits per heavy atom. The third-order valence-electron chi connectivity index (χ3n) is 11.1. The molecule has 10 amide bonds. The van der Waals surface area contributed by atoms with Crippen molar-refractivity contribution in [3.63, 3.8) is 0 Å². The number of aliphatic imine (C=N–C) groups is 1. The van der Waals surface area contributed by atoms with Crippen molar-refractivity contribution in [2.75, 3.05) is 39.5 Å². The number of carbonyl (C=O) groups is 12. The summed E-state index contributed by atoms with van der Waals surface area (Å²) in [7, 11) is 0. The van der Waals surface area contributed by atoms with E-state index in [1.54, 1.807) is 13.8 Å². The van der Waals surface area contributed by atoms with Gasteiger partial charge in [-0.1, -0.05) is 27.7 Å². The van der Waals surface area contributed by atoms with Crippen LogP contribution in [-0.4, -0.2) is 202 Å². The van der Waals surface area contributed by atoms with Gasteiger partial charge in [-0.3, -0.25) is 57.7 Å². The first-order valence-electron chi connectivity index (χ1n) is 24.8. The zero-order chi connectivity index (χ0) is 59.1. The number of hydrogen-bond donors (Lipinski definition) is 19. The van der Waals surface area contributed by atoms with Crippen LogP contribution in [0.5, 0.6) is 0 Å². The summed E-state index contributed by atoms with van der Waals surface area (Å²) in [6, 6.07) is -14.8. The summed E-state index contributed by atoms with van der Waals surface area (Å²) in [5, 5.41) is 71.9. The molecule has 0 fully saturated rings. The van der Waals surface area contributed by atoms with Crippen LogP contribution < -0.4 is 76.1 Å². The molecule has 438 valence electrons. The van der Waals surface area contributed by atoms with Crippen LogP contribution in [0.25, 0.3) is 0 Å². The molecule has 0 unspecified atom stereocenters. The van der Waals surface area contributed by atoms with E-state index < -0.39 is 177 Å². The summed E-state index contributed by atoms with van der Waals surface area (Å²) in [5.74, 6) is -13.9. The van der Waals surface area contributed by atoms with Gasteiger partial charge in [0.05, 0.1) is 32.4 Å². The van der Waals surface area contributed by atoms with Crippen LogP contribution in [0.3, 0.4) is 0 Å². The van der Waals surface area contributed by atoms with Crippen molar-refractivity contribution < 1.29 is 83.1 Å². The molecule has 0 aromatic carbocycles. The van der Waals surface area contributed by atoms with Crippen molar-refractivity contribution in [2.45, 2.75) is 153 Å². The van der Waals surface area contributed by atoms with Crippen molar-refractivity contribution >= 4 is 77.0 Å². The molecule has 0 aliphatic carbocycles. The first kappa shape index (κ1) is 69.7. The van der Waals surface area contributed by atoms with Crippen LogP contribution in [0.2, 0.25) is 0 Å². The third-order valence-corrected chi connectivity index (χ3v) is 11.1. The van der Waals surface area contributed by atoms with Gasteiger partial charge in [0, 0.05) is 13.0 Å². The average Bonchev–Trinajstić information content (AvgIpc) is 3.35. The van der Waals surface area contributed by atoms with Gasteiger partial charge in [-0.2, -0.15) is 0 Å². The van der Waals surface area contributed by atoms with E-state index in [9.17, 15) is 83.1 Å². The quantitative estimate of drug-likeness (QED) is 0.0155. The molecule has 77 heavy (non-hydrogen) atoms. The fraction of sp³-hybridized carbons (Fsp3) is 0.711. The minimum Gasteiger partial charge on any atom is -0.481 e. The lowest BCUT2D eigenvalue weighted by atomic mass is 10.0. The third kappa shape index (κ3) is 27.9. The molecule has 0 aromatic rings. The van der Waals surface area contributed by atoms with E-state index in [1.807, 2.05) is 0 Å². The number of nitrogens with two attached hydrogens (primary N) is 4. The van der Waals surface area contributed by atoms with Gasteiger partial charge in [-0.15, -0.1) is 0 Å². The number of aliphatic carboxylic acids is 2. The van der Waals surface area contributed by atoms with E-state index in [2.05, 4.69) is 58.2 Å². The van der Waals surface area contributed by atoms with E-state index in [0.29, 0.717) is 6.42 Å². The highest BCUT2D eigenvalue weighted by Gasteiger charge is 2.35. The molecule has 10 atom stereocenters. The van der Waals surface area contributed by atoms with E-state index in [4.69, 9.17) is 22.9 Å². The van der Waals surface area contributed by atoms with E-state index in [0.717, 1.165) is 0 Å². The van der Waals surface area contributed by atoms with Crippen molar-refractivity contribution in [3.8, 4) is 0 Å². The second kappa shape index (κ2) is 36.6. The summed E-state index contributed by atoms with van der Waals surface area (Å²) in [5.41, 5.74) is 22.0. The number of nitrogens with one attached hydrogen (secondary N) is 10. The van der Waals surface area contributed by atoms with Gasteiger partial charge in [0.1, 0.15) is 54.4 Å². The molecule has 0 radical (unpaired) electrons. The molecular formula is C45H81N15O17. The van der Waals surface area contributed by atoms with Crippen LogP contribution in [-0.2, 0) is 57.5 Å². The van der Waals surface area contributed by atoms with E-state index >= 15 is 0 Å². The number of aliphatic hydroxyl groups excluding tert-OH is 3. The Morgan fingerprint density at radius 3 is 1.35 bits per heavy atom. The van der Waals surface area contributed by atoms with Crippen LogP contribution in [0.15, 0.2) is 4.99 Å². The summed E-state index contributed by atoms with van der Waals surface area (Å²) >= 11 is 0. The zero-order valence-corrected chi connectivity index (χ0v) is 44.2. The van der Waals surface area contributed by atoms with Gasteiger partial charge < -0.3 is 102 Å². The number of carboxylic acid groups (broad SMARTS) is 2. The maximum Gasteiger partial charge on any atom is 0.326 e. The van der Waals surface area contributed by atoms with Gasteiger partial charge in [0.2, 0.25) is 59.1 Å². The lowest BCUT2D eigenvalue weighted by molar-refractivity contribution is -0.143. The SMILES string of the molecule is CC(C)C[C@H](NC(=O)[C@H](CO)NC(=O)[C@@H](NC(=O)CNC(=O)[C@H](CO)NC(=O)[C@H](CCCN=C(N)N)NC(=O)[C@H](CCC(=O)O)NC(=O)[C@H](CCCCN)NC(=O)[C@H](CO)NC(=O)[C@H](C)NC(=O)[C@H](C)N)C(C)C)C(=O)O. The molecule has 0 spiro atoms. The maximum absolute atomic E-state index is 13.9. The standard InChI is InChI=1S/C45H81N15O17/c1-21(2)16-28(44(76)77)56-42(74)31(20-63)59-43(75)34(22(3)4)60-32(64)17-51-37(69)29(18-61)58-39(71)26(11-9-15-50-45(48)49)53-40(72)27(12-13-33(65)66)55-38(70)25(10-7-8-14-46)54-41(73)30(19-62)57-36(68)24(6)52-35(67)23(5)47/h21-31,34,61-63H,7-20,46-47H2,1-6H3,(H,51,69)(H,52,67)(H,53,72)(H,54,73)(H,55,70)(H,56,74)(H,57,68)(H,58,71)(H,59,75)(H,60,64)(H,65,66)(H,76,77)(H4,48,49,50)/t23-,24-,25-,26-,27-,28-,29-,30-,31-,34-/m0/s1. The molecule has 32 nitrogen and oxygen atoms in total. The average molecular weight is 1100 g/mol. The second-order valence-corrected chi connectivity index (χ2v) is 18.6. The summed E-state index contributed by atoms with van der Waals surface area (Å²) in [4.78, 5) is 159. The zero-order valence-electron chi connectivity index (χ0n) is 44.2. The van der Waals surface area contributed by atoms with Crippen molar-refractivity contribution in [2.24, 2.45) is 39.8 Å². The predicted molar refractivity (Wildman–Crippen MR) is 273 cm³/mol. The molecule has 0 bridgehead atoms. The number of aliphatic hydroxyl groups is 3. The highest BCUT2D eigenvalue weighted by atomic mass is 16.4. The van der Waals surface area contributed by atoms with Crippen molar-refractivity contribution in [1.82, 2.24) is 53.2 Å². The Hall–Kier alpha value is -7.29. The first-order chi connectivity index (χ1) is 36.0. The molecule has 0 aliphatic heterocycles. The van der Waals surface area contributed by atoms with Crippen molar-refractivity contribution in [3.05, 3.63) is 0 Å². The van der Waals surface area contributed by atoms with Gasteiger partial charge in [0.25, 0.3) is 0 Å². The van der Waals surface area contributed by atoms with E-state index in [-0.39, 0.29) is 57.1 Å². The predicted octanol–water partition coefficient (Wildman–Crippen LogP) is -8.36. The summed E-state index contributed by atoms with van der Waals surface area (Å²) in [6.07, 6.45) is -1.07. The fourth-order valence-electron chi connectivity index (χ4n) is 6.73. The number of rotatable bonds is 38. The number of carboxylic acids is 2. The molecule has 0 aliphatic rings. The Morgan fingerprint density at radius 2 is 0.922 bits per heavy atom. The lowest BCUT2D eigenvalue weighted by Crippen LogP contribution is -2.60. The van der Waals surface area contributed by atoms with Crippen LogP contribution >= 0.6 is 0 Å². The normalized spacial score (nSPS) is 14.9. The van der Waals surface area contributed by atoms with Gasteiger partial charge in [-0.25, -0.2) is 4.79 Å². The Balaban J connectivity index is 6.35. The number of nitrogens with zero attached hydrogens (tertiary/aromatic N) is 1.